The fourth-order valence-electron chi connectivity index (χ4n) is 3.34. The van der Waals surface area contributed by atoms with Crippen molar-refractivity contribution in [2.45, 2.75) is 6.92 Å². The van der Waals surface area contributed by atoms with E-state index in [1.165, 1.54) is 0 Å². The van der Waals surface area contributed by atoms with Crippen LogP contribution in [0.15, 0.2) is 72.8 Å². The van der Waals surface area contributed by atoms with Crippen LogP contribution in [0, 0.1) is 0 Å². The first-order valence-corrected chi connectivity index (χ1v) is 11.9. The highest BCUT2D eigenvalue weighted by molar-refractivity contribution is 5.93. The van der Waals surface area contributed by atoms with E-state index >= 15 is 0 Å². The Balaban J connectivity index is 1.47. The van der Waals surface area contributed by atoms with E-state index in [1.54, 1.807) is 38.5 Å². The molecule has 0 saturated heterocycles. The summed E-state index contributed by atoms with van der Waals surface area (Å²) in [6.45, 7) is 2.44. The van der Waals surface area contributed by atoms with Crippen LogP contribution in [0.4, 0.5) is 34.9 Å². The van der Waals surface area contributed by atoms with Crippen molar-refractivity contribution in [3.63, 3.8) is 0 Å². The number of nitrogens with zero attached hydrogens (tertiary/aromatic N) is 3. The number of ether oxygens (including phenoxy) is 3. The molecular weight excluding hydrogens is 486 g/mol. The predicted octanol–water partition coefficient (Wildman–Crippen LogP) is 4.83. The Morgan fingerprint density at radius 3 is 1.58 bits per heavy atom. The summed E-state index contributed by atoms with van der Waals surface area (Å²) >= 11 is 0. The molecular formula is C27H29N7O4. The second-order valence-electron chi connectivity index (χ2n) is 7.87. The van der Waals surface area contributed by atoms with Gasteiger partial charge in [0.2, 0.25) is 23.8 Å². The Hall–Kier alpha value is -5.06. The van der Waals surface area contributed by atoms with Crippen molar-refractivity contribution in [3.8, 4) is 17.2 Å². The van der Waals surface area contributed by atoms with Gasteiger partial charge in [-0.2, -0.15) is 15.0 Å². The quantitative estimate of drug-likeness (QED) is 0.208. The van der Waals surface area contributed by atoms with Gasteiger partial charge in [-0.1, -0.05) is 0 Å². The van der Waals surface area contributed by atoms with Gasteiger partial charge in [0, 0.05) is 17.1 Å². The summed E-state index contributed by atoms with van der Waals surface area (Å²) in [5.41, 5.74) is 2.16. The van der Waals surface area contributed by atoms with Gasteiger partial charge in [0.05, 0.1) is 27.4 Å². The van der Waals surface area contributed by atoms with Crippen molar-refractivity contribution in [2.75, 3.05) is 48.6 Å². The number of anilines is 6. The molecule has 11 nitrogen and oxygen atoms in total. The molecule has 0 radical (unpaired) electrons. The van der Waals surface area contributed by atoms with Gasteiger partial charge in [0.25, 0.3) is 0 Å². The molecule has 0 fully saturated rings. The van der Waals surface area contributed by atoms with E-state index in [-0.39, 0.29) is 30.3 Å². The molecule has 38 heavy (non-hydrogen) atoms. The van der Waals surface area contributed by atoms with Crippen molar-refractivity contribution >= 4 is 40.8 Å². The van der Waals surface area contributed by atoms with Gasteiger partial charge < -0.3 is 35.5 Å². The number of carbonyl (C=O) groups is 1. The number of nitrogens with one attached hydrogen (secondary N) is 4. The first kappa shape index (κ1) is 26.0. The molecule has 11 heteroatoms. The number of hydrogen-bond donors (Lipinski definition) is 4. The summed E-state index contributed by atoms with van der Waals surface area (Å²) in [4.78, 5) is 25.8. The topological polar surface area (TPSA) is 132 Å². The average molecular weight is 516 g/mol. The number of amides is 1. The lowest BCUT2D eigenvalue weighted by molar-refractivity contribution is -0.114. The van der Waals surface area contributed by atoms with Gasteiger partial charge in [-0.25, -0.2) is 0 Å². The highest BCUT2D eigenvalue weighted by Crippen LogP contribution is 2.22. The number of methoxy groups -OCH3 is 2. The maximum absolute atomic E-state index is 12.5. The molecule has 0 aliphatic carbocycles. The number of benzene rings is 3. The zero-order valence-electron chi connectivity index (χ0n) is 21.3. The second kappa shape index (κ2) is 12.8. The van der Waals surface area contributed by atoms with Gasteiger partial charge in [-0.3, -0.25) is 4.79 Å². The zero-order valence-corrected chi connectivity index (χ0v) is 21.3. The van der Waals surface area contributed by atoms with Gasteiger partial charge >= 0.3 is 0 Å². The molecule has 4 N–H and O–H groups in total. The summed E-state index contributed by atoms with van der Waals surface area (Å²) in [6, 6.07) is 21.8. The van der Waals surface area contributed by atoms with Gasteiger partial charge in [-0.05, 0) is 79.7 Å². The third-order valence-corrected chi connectivity index (χ3v) is 5.18. The van der Waals surface area contributed by atoms with Gasteiger partial charge in [-0.15, -0.1) is 0 Å². The molecule has 4 rings (SSSR count). The molecule has 0 saturated carbocycles. The van der Waals surface area contributed by atoms with E-state index in [1.807, 2.05) is 55.5 Å². The number of hydrogen-bond acceptors (Lipinski definition) is 10. The van der Waals surface area contributed by atoms with Crippen LogP contribution < -0.4 is 35.5 Å². The highest BCUT2D eigenvalue weighted by atomic mass is 16.5. The van der Waals surface area contributed by atoms with Crippen LogP contribution in [0.2, 0.25) is 0 Å². The van der Waals surface area contributed by atoms with Crippen molar-refractivity contribution < 1.29 is 19.0 Å². The van der Waals surface area contributed by atoms with Crippen molar-refractivity contribution in [1.82, 2.24) is 15.0 Å². The van der Waals surface area contributed by atoms with E-state index < -0.39 is 0 Å². The van der Waals surface area contributed by atoms with Crippen LogP contribution in [0.1, 0.15) is 6.92 Å². The maximum atomic E-state index is 12.5. The molecule has 0 aliphatic rings. The molecule has 3 aromatic carbocycles. The van der Waals surface area contributed by atoms with Gasteiger partial charge in [0.1, 0.15) is 17.2 Å². The average Bonchev–Trinajstić information content (AvgIpc) is 2.94. The minimum Gasteiger partial charge on any atom is -0.497 e. The number of aromatic nitrogens is 3. The zero-order chi connectivity index (χ0) is 26.7. The molecule has 0 unspecified atom stereocenters. The van der Waals surface area contributed by atoms with E-state index in [0.717, 1.165) is 28.6 Å². The fraction of sp³-hybridized carbons (Fsp3) is 0.185. The first-order valence-electron chi connectivity index (χ1n) is 11.9. The second-order valence-corrected chi connectivity index (χ2v) is 7.87. The van der Waals surface area contributed by atoms with Crippen molar-refractivity contribution in [1.29, 1.82) is 0 Å². The molecule has 0 spiro atoms. The van der Waals surface area contributed by atoms with Crippen LogP contribution in [-0.2, 0) is 4.79 Å². The summed E-state index contributed by atoms with van der Waals surface area (Å²) in [5.74, 6) is 2.73. The van der Waals surface area contributed by atoms with Crippen LogP contribution in [-0.4, -0.2) is 48.2 Å². The molecule has 1 heterocycles. The lowest BCUT2D eigenvalue weighted by atomic mass is 10.3. The normalized spacial score (nSPS) is 10.3. The molecule has 1 amide bonds. The Morgan fingerprint density at radius 1 is 0.658 bits per heavy atom. The smallest absolute Gasteiger partial charge is 0.243 e. The maximum Gasteiger partial charge on any atom is 0.243 e. The Kier molecular flexibility index (Phi) is 8.74. The third-order valence-electron chi connectivity index (χ3n) is 5.18. The molecule has 0 atom stereocenters. The SMILES string of the molecule is CCOc1ccc(NC(=O)CNc2nc(Nc3ccc(OC)cc3)nc(Nc3ccc(OC)cc3)n2)cc1. The van der Waals surface area contributed by atoms with Gasteiger partial charge in [0.15, 0.2) is 0 Å². The Morgan fingerprint density at radius 2 is 1.11 bits per heavy atom. The van der Waals surface area contributed by atoms with Crippen LogP contribution in [0.5, 0.6) is 17.2 Å². The Bertz CT molecular complexity index is 1260. The lowest BCUT2D eigenvalue weighted by Crippen LogP contribution is -2.23. The minimum atomic E-state index is -0.260. The summed E-state index contributed by atoms with van der Waals surface area (Å²) < 4.78 is 15.9. The van der Waals surface area contributed by atoms with Crippen LogP contribution in [0.25, 0.3) is 0 Å². The lowest BCUT2D eigenvalue weighted by Gasteiger charge is -2.12. The van der Waals surface area contributed by atoms with E-state index in [4.69, 9.17) is 14.2 Å². The largest absolute Gasteiger partial charge is 0.497 e. The number of rotatable bonds is 12. The van der Waals surface area contributed by atoms with Crippen molar-refractivity contribution in [3.05, 3.63) is 72.8 Å². The first-order chi connectivity index (χ1) is 18.5. The predicted molar refractivity (Wildman–Crippen MR) is 147 cm³/mol. The molecule has 4 aromatic rings. The standard InChI is InChI=1S/C27H29N7O4/c1-4-38-23-15-9-18(10-16-23)29-24(35)17-28-25-32-26(30-19-5-11-21(36-2)12-6-19)34-27(33-25)31-20-7-13-22(37-3)14-8-20/h5-16H,4,17H2,1-3H3,(H,29,35)(H3,28,30,31,32,33,34). The van der Waals surface area contributed by atoms with E-state index in [2.05, 4.69) is 36.2 Å². The monoisotopic (exact) mass is 515 g/mol. The Labute approximate surface area is 220 Å². The third kappa shape index (κ3) is 7.47. The molecule has 1 aromatic heterocycles. The minimum absolute atomic E-state index is 0.0544. The molecule has 0 aliphatic heterocycles. The van der Waals surface area contributed by atoms with E-state index in [0.29, 0.717) is 12.3 Å². The van der Waals surface area contributed by atoms with E-state index in [9.17, 15) is 4.79 Å². The fourth-order valence-corrected chi connectivity index (χ4v) is 3.34. The van der Waals surface area contributed by atoms with Crippen molar-refractivity contribution in [2.24, 2.45) is 0 Å². The highest BCUT2D eigenvalue weighted by Gasteiger charge is 2.10. The summed E-state index contributed by atoms with van der Waals surface area (Å²) in [6.07, 6.45) is 0. The summed E-state index contributed by atoms with van der Waals surface area (Å²) in [5, 5.41) is 12.1. The number of carbonyl (C=O) groups excluding carboxylic acids is 1. The molecule has 196 valence electrons. The molecule has 0 bridgehead atoms. The summed E-state index contributed by atoms with van der Waals surface area (Å²) in [7, 11) is 3.21. The van der Waals surface area contributed by atoms with Crippen LogP contribution >= 0.6 is 0 Å². The van der Waals surface area contributed by atoms with Crippen LogP contribution in [0.3, 0.4) is 0 Å².